The number of hydrogen-bond acceptors (Lipinski definition) is 2. The van der Waals surface area contributed by atoms with Gasteiger partial charge in [-0.3, -0.25) is 4.90 Å². The molecule has 0 spiro atoms. The standard InChI is InChI=1S/C20H20ClNO/c1-14(18-9-5-7-15-6-3-4-8-19(15)18)22(2)13-16-10-11-17(23)12-20(16)21/h3-12,14,23H,13H2,1-2H3/t14-/m1/s1. The zero-order chi connectivity index (χ0) is 16.4. The Bertz CT molecular complexity index is 825. The highest BCUT2D eigenvalue weighted by atomic mass is 35.5. The van der Waals surface area contributed by atoms with Gasteiger partial charge in [0.25, 0.3) is 0 Å². The Morgan fingerprint density at radius 2 is 1.78 bits per heavy atom. The Kier molecular flexibility index (Phi) is 4.56. The predicted molar refractivity (Wildman–Crippen MR) is 96.9 cm³/mol. The maximum Gasteiger partial charge on any atom is 0.117 e. The third-order valence-corrected chi connectivity index (χ3v) is 4.74. The molecule has 0 unspecified atom stereocenters. The van der Waals surface area contributed by atoms with Crippen molar-refractivity contribution in [2.75, 3.05) is 7.05 Å². The minimum atomic E-state index is 0.198. The molecule has 0 saturated heterocycles. The van der Waals surface area contributed by atoms with Gasteiger partial charge in [0.15, 0.2) is 0 Å². The summed E-state index contributed by atoms with van der Waals surface area (Å²) in [6.07, 6.45) is 0. The van der Waals surface area contributed by atoms with Crippen LogP contribution in [0, 0.1) is 0 Å². The van der Waals surface area contributed by atoms with Gasteiger partial charge < -0.3 is 5.11 Å². The van der Waals surface area contributed by atoms with Gasteiger partial charge in [-0.25, -0.2) is 0 Å². The van der Waals surface area contributed by atoms with Crippen molar-refractivity contribution in [1.82, 2.24) is 4.90 Å². The molecule has 1 N–H and O–H groups in total. The van der Waals surface area contributed by atoms with Gasteiger partial charge in [0.2, 0.25) is 0 Å². The average Bonchev–Trinajstić information content (AvgIpc) is 2.56. The summed E-state index contributed by atoms with van der Waals surface area (Å²) in [5.74, 6) is 0.198. The van der Waals surface area contributed by atoms with E-state index in [1.54, 1.807) is 12.1 Å². The van der Waals surface area contributed by atoms with Crippen LogP contribution < -0.4 is 0 Å². The predicted octanol–water partition coefficient (Wildman–Crippen LogP) is 5.39. The van der Waals surface area contributed by atoms with Crippen LogP contribution in [0.15, 0.2) is 60.7 Å². The summed E-state index contributed by atoms with van der Waals surface area (Å²) in [5.41, 5.74) is 2.32. The lowest BCUT2D eigenvalue weighted by atomic mass is 9.98. The van der Waals surface area contributed by atoms with Crippen molar-refractivity contribution in [3.05, 3.63) is 76.8 Å². The van der Waals surface area contributed by atoms with Crippen LogP contribution in [0.1, 0.15) is 24.1 Å². The van der Waals surface area contributed by atoms with E-state index in [1.165, 1.54) is 16.3 Å². The highest BCUT2D eigenvalue weighted by Gasteiger charge is 2.15. The Morgan fingerprint density at radius 1 is 1.04 bits per heavy atom. The van der Waals surface area contributed by atoms with Crippen LogP contribution in [0.5, 0.6) is 5.75 Å². The van der Waals surface area contributed by atoms with Crippen molar-refractivity contribution in [2.24, 2.45) is 0 Å². The van der Waals surface area contributed by atoms with Gasteiger partial charge in [0, 0.05) is 17.6 Å². The van der Waals surface area contributed by atoms with Crippen LogP contribution in [0.25, 0.3) is 10.8 Å². The summed E-state index contributed by atoms with van der Waals surface area (Å²) < 4.78 is 0. The first-order chi connectivity index (χ1) is 11.1. The fourth-order valence-electron chi connectivity index (χ4n) is 2.92. The zero-order valence-electron chi connectivity index (χ0n) is 13.3. The lowest BCUT2D eigenvalue weighted by Gasteiger charge is -2.26. The van der Waals surface area contributed by atoms with Crippen LogP contribution in [0.3, 0.4) is 0 Å². The fourth-order valence-corrected chi connectivity index (χ4v) is 3.16. The molecule has 0 aliphatic heterocycles. The van der Waals surface area contributed by atoms with E-state index < -0.39 is 0 Å². The summed E-state index contributed by atoms with van der Waals surface area (Å²) in [7, 11) is 2.09. The van der Waals surface area contributed by atoms with E-state index in [1.807, 2.05) is 6.07 Å². The van der Waals surface area contributed by atoms with Crippen molar-refractivity contribution in [3.63, 3.8) is 0 Å². The second kappa shape index (κ2) is 6.61. The van der Waals surface area contributed by atoms with E-state index in [2.05, 4.69) is 61.3 Å². The second-order valence-electron chi connectivity index (χ2n) is 5.94. The first kappa shape index (κ1) is 15.9. The molecular weight excluding hydrogens is 306 g/mol. The van der Waals surface area contributed by atoms with Crippen molar-refractivity contribution in [3.8, 4) is 5.75 Å². The van der Waals surface area contributed by atoms with Gasteiger partial charge in [0.05, 0.1) is 0 Å². The summed E-state index contributed by atoms with van der Waals surface area (Å²) in [6.45, 7) is 2.93. The van der Waals surface area contributed by atoms with Gasteiger partial charge in [-0.1, -0.05) is 60.1 Å². The summed E-state index contributed by atoms with van der Waals surface area (Å²) in [5, 5.41) is 12.6. The largest absolute Gasteiger partial charge is 0.508 e. The van der Waals surface area contributed by atoms with Crippen molar-refractivity contribution >= 4 is 22.4 Å². The molecule has 0 heterocycles. The van der Waals surface area contributed by atoms with Crippen LogP contribution in [0.2, 0.25) is 5.02 Å². The van der Waals surface area contributed by atoms with Gasteiger partial charge in [0.1, 0.15) is 5.75 Å². The lowest BCUT2D eigenvalue weighted by molar-refractivity contribution is 0.254. The molecule has 3 aromatic carbocycles. The van der Waals surface area contributed by atoms with Gasteiger partial charge in [-0.05, 0) is 48.0 Å². The van der Waals surface area contributed by atoms with Crippen LogP contribution in [-0.4, -0.2) is 17.1 Å². The van der Waals surface area contributed by atoms with E-state index in [9.17, 15) is 5.11 Å². The summed E-state index contributed by atoms with van der Waals surface area (Å²) in [6, 6.07) is 20.3. The van der Waals surface area contributed by atoms with E-state index in [4.69, 9.17) is 11.6 Å². The molecule has 3 heteroatoms. The minimum absolute atomic E-state index is 0.198. The first-order valence-electron chi connectivity index (χ1n) is 7.71. The number of phenols is 1. The lowest BCUT2D eigenvalue weighted by Crippen LogP contribution is -2.22. The number of hydrogen-bond donors (Lipinski definition) is 1. The molecule has 118 valence electrons. The molecule has 0 bridgehead atoms. The molecule has 0 amide bonds. The van der Waals surface area contributed by atoms with Crippen molar-refractivity contribution in [1.29, 1.82) is 0 Å². The molecular formula is C20H20ClNO. The molecule has 3 rings (SSSR count). The monoisotopic (exact) mass is 325 g/mol. The van der Waals surface area contributed by atoms with Gasteiger partial charge >= 0.3 is 0 Å². The molecule has 0 aromatic heterocycles. The highest BCUT2D eigenvalue weighted by molar-refractivity contribution is 6.31. The van der Waals surface area contributed by atoms with E-state index >= 15 is 0 Å². The maximum atomic E-state index is 9.48. The molecule has 0 saturated carbocycles. The molecule has 3 aromatic rings. The Balaban J connectivity index is 1.88. The van der Waals surface area contributed by atoms with Gasteiger partial charge in [-0.15, -0.1) is 0 Å². The van der Waals surface area contributed by atoms with Crippen LogP contribution in [-0.2, 0) is 6.54 Å². The smallest absolute Gasteiger partial charge is 0.117 e. The topological polar surface area (TPSA) is 23.5 Å². The number of nitrogens with zero attached hydrogens (tertiary/aromatic N) is 1. The Morgan fingerprint density at radius 3 is 2.57 bits per heavy atom. The number of benzene rings is 3. The van der Waals surface area contributed by atoms with E-state index in [0.717, 1.165) is 12.1 Å². The summed E-state index contributed by atoms with van der Waals surface area (Å²) in [4.78, 5) is 2.26. The molecule has 0 aliphatic carbocycles. The highest BCUT2D eigenvalue weighted by Crippen LogP contribution is 2.30. The molecule has 2 nitrogen and oxygen atoms in total. The molecule has 0 fully saturated rings. The molecule has 23 heavy (non-hydrogen) atoms. The van der Waals surface area contributed by atoms with Crippen LogP contribution >= 0.6 is 11.6 Å². The molecule has 1 atom stereocenters. The Hall–Kier alpha value is -2.03. The van der Waals surface area contributed by atoms with Crippen LogP contribution in [0.4, 0.5) is 0 Å². The maximum absolute atomic E-state index is 9.48. The van der Waals surface area contributed by atoms with E-state index in [-0.39, 0.29) is 11.8 Å². The number of rotatable bonds is 4. The van der Waals surface area contributed by atoms with E-state index in [0.29, 0.717) is 5.02 Å². The molecule has 0 aliphatic rings. The fraction of sp³-hybridized carbons (Fsp3) is 0.200. The number of phenolic OH excluding ortho intramolecular Hbond substituents is 1. The first-order valence-corrected chi connectivity index (χ1v) is 8.09. The second-order valence-corrected chi connectivity index (χ2v) is 6.34. The van der Waals surface area contributed by atoms with Crippen molar-refractivity contribution < 1.29 is 5.11 Å². The normalized spacial score (nSPS) is 12.7. The minimum Gasteiger partial charge on any atom is -0.508 e. The number of halogens is 1. The zero-order valence-corrected chi connectivity index (χ0v) is 14.1. The molecule has 0 radical (unpaired) electrons. The van der Waals surface area contributed by atoms with Gasteiger partial charge in [-0.2, -0.15) is 0 Å². The third kappa shape index (κ3) is 3.34. The summed E-state index contributed by atoms with van der Waals surface area (Å²) >= 11 is 6.23. The number of aromatic hydroxyl groups is 1. The average molecular weight is 326 g/mol. The number of fused-ring (bicyclic) bond motifs is 1. The third-order valence-electron chi connectivity index (χ3n) is 4.39. The Labute approximate surface area is 141 Å². The van der Waals surface area contributed by atoms with Crippen molar-refractivity contribution in [2.45, 2.75) is 19.5 Å². The quantitative estimate of drug-likeness (QED) is 0.695. The SMILES string of the molecule is C[C@H](c1cccc2ccccc12)N(C)Cc1ccc(O)cc1Cl.